The molecule has 10 heteroatoms. The number of nitrogens with zero attached hydrogens (tertiary/aromatic N) is 4. The van der Waals surface area contributed by atoms with Crippen LogP contribution in [0, 0.1) is 18.7 Å². The smallest absolute Gasteiger partial charge is 0.255 e. The van der Waals surface area contributed by atoms with Crippen molar-refractivity contribution in [3.05, 3.63) is 64.9 Å². The maximum atomic E-state index is 14.6. The molecular formula is C30H31FN6O3. The van der Waals surface area contributed by atoms with Crippen LogP contribution in [-0.4, -0.2) is 50.0 Å². The summed E-state index contributed by atoms with van der Waals surface area (Å²) in [4.78, 5) is 42.8. The molecule has 2 aliphatic carbocycles. The fourth-order valence-corrected chi connectivity index (χ4v) is 6.19. The number of carbonyl (C=O) groups is 3. The number of aryl methyl sites for hydroxylation is 1. The number of fused-ring (bicyclic) bond motifs is 1. The first-order chi connectivity index (χ1) is 19.3. The Bertz CT molecular complexity index is 1540. The van der Waals surface area contributed by atoms with Crippen LogP contribution >= 0.6 is 0 Å². The Balaban J connectivity index is 0.978. The molecule has 3 amide bonds. The van der Waals surface area contributed by atoms with E-state index in [1.165, 1.54) is 6.07 Å². The molecule has 9 nitrogen and oxygen atoms in total. The van der Waals surface area contributed by atoms with E-state index >= 15 is 0 Å². The lowest BCUT2D eigenvalue weighted by atomic mass is 9.80. The predicted molar refractivity (Wildman–Crippen MR) is 145 cm³/mol. The van der Waals surface area contributed by atoms with Gasteiger partial charge in [-0.2, -0.15) is 5.10 Å². The Morgan fingerprint density at radius 1 is 1.07 bits per heavy atom. The van der Waals surface area contributed by atoms with Crippen LogP contribution in [0.3, 0.4) is 0 Å². The Morgan fingerprint density at radius 3 is 2.67 bits per heavy atom. The largest absolute Gasteiger partial charge is 0.385 e. The minimum absolute atomic E-state index is 0.164. The summed E-state index contributed by atoms with van der Waals surface area (Å²) in [7, 11) is 0. The Morgan fingerprint density at radius 2 is 1.90 bits per heavy atom. The van der Waals surface area contributed by atoms with E-state index in [1.807, 2.05) is 36.0 Å². The monoisotopic (exact) mass is 542 g/mol. The number of hydrogen-bond donors (Lipinski definition) is 2. The van der Waals surface area contributed by atoms with E-state index in [4.69, 9.17) is 5.10 Å². The van der Waals surface area contributed by atoms with Crippen LogP contribution in [0.2, 0.25) is 0 Å². The van der Waals surface area contributed by atoms with E-state index in [2.05, 4.69) is 15.6 Å². The summed E-state index contributed by atoms with van der Waals surface area (Å²) in [5.41, 5.74) is 5.43. The van der Waals surface area contributed by atoms with Crippen LogP contribution in [0.25, 0.3) is 11.3 Å². The summed E-state index contributed by atoms with van der Waals surface area (Å²) in [6, 6.07) is 8.56. The normalized spacial score (nSPS) is 24.1. The minimum Gasteiger partial charge on any atom is -0.385 e. The topological polar surface area (TPSA) is 109 Å². The molecule has 4 aliphatic rings. The zero-order chi connectivity index (χ0) is 27.5. The van der Waals surface area contributed by atoms with Crippen molar-refractivity contribution in [2.45, 2.75) is 70.0 Å². The fourth-order valence-electron chi connectivity index (χ4n) is 6.19. The lowest BCUT2D eigenvalue weighted by molar-refractivity contribution is -0.136. The van der Waals surface area contributed by atoms with Crippen LogP contribution < -0.4 is 10.6 Å². The number of carbonyl (C=O) groups excluding carboxylic acids is 3. The average molecular weight is 543 g/mol. The van der Waals surface area contributed by atoms with E-state index in [0.29, 0.717) is 36.1 Å². The van der Waals surface area contributed by atoms with Crippen LogP contribution in [0.4, 0.5) is 10.1 Å². The second-order valence-electron chi connectivity index (χ2n) is 11.6. The summed E-state index contributed by atoms with van der Waals surface area (Å²) in [6.07, 6.45) is 6.72. The molecule has 3 fully saturated rings. The molecule has 206 valence electrons. The lowest BCUT2D eigenvalue weighted by Gasteiger charge is -2.35. The van der Waals surface area contributed by atoms with Crippen molar-refractivity contribution in [2.75, 3.05) is 11.9 Å². The van der Waals surface area contributed by atoms with Crippen molar-refractivity contribution in [3.63, 3.8) is 0 Å². The third kappa shape index (κ3) is 4.45. The Labute approximate surface area is 231 Å². The number of halogens is 1. The molecule has 7 rings (SSSR count). The van der Waals surface area contributed by atoms with Crippen molar-refractivity contribution in [1.82, 2.24) is 25.0 Å². The molecule has 1 atom stereocenters. The Hall–Kier alpha value is -4.08. The van der Waals surface area contributed by atoms with Crippen molar-refractivity contribution in [1.29, 1.82) is 0 Å². The van der Waals surface area contributed by atoms with Gasteiger partial charge in [-0.25, -0.2) is 9.37 Å². The SMILES string of the molecule is Cc1ccc(F)c(-c2cn([C@H]3C[C@H](CNc4ccc5c(c4)CN([C@@H]4CCC(=O)NC4=O)C5=O)C3)nc2C2CC2)n1. The molecule has 2 aliphatic heterocycles. The van der Waals surface area contributed by atoms with E-state index in [-0.39, 0.29) is 30.1 Å². The van der Waals surface area contributed by atoms with Crippen LogP contribution in [-0.2, 0) is 16.1 Å². The highest BCUT2D eigenvalue weighted by Crippen LogP contribution is 2.46. The maximum absolute atomic E-state index is 14.6. The molecule has 0 radical (unpaired) electrons. The number of imide groups is 1. The number of benzene rings is 1. The first-order valence-corrected chi connectivity index (χ1v) is 14.1. The number of nitrogens with one attached hydrogen (secondary N) is 2. The van der Waals surface area contributed by atoms with E-state index in [9.17, 15) is 18.8 Å². The lowest BCUT2D eigenvalue weighted by Crippen LogP contribution is -2.52. The number of anilines is 1. The summed E-state index contributed by atoms with van der Waals surface area (Å²) in [6.45, 7) is 3.04. The number of piperidine rings is 1. The molecular weight excluding hydrogens is 511 g/mol. The maximum Gasteiger partial charge on any atom is 0.255 e. The Kier molecular flexibility index (Phi) is 5.94. The summed E-state index contributed by atoms with van der Waals surface area (Å²) < 4.78 is 16.7. The zero-order valence-corrected chi connectivity index (χ0v) is 22.3. The van der Waals surface area contributed by atoms with Gasteiger partial charge >= 0.3 is 0 Å². The van der Waals surface area contributed by atoms with Crippen LogP contribution in [0.15, 0.2) is 36.5 Å². The molecule has 1 saturated heterocycles. The number of amides is 3. The third-order valence-corrected chi connectivity index (χ3v) is 8.67. The van der Waals surface area contributed by atoms with Gasteiger partial charge in [-0.1, -0.05) is 0 Å². The van der Waals surface area contributed by atoms with Crippen molar-refractivity contribution in [3.8, 4) is 11.3 Å². The highest BCUT2D eigenvalue weighted by molar-refractivity contribution is 6.05. The van der Waals surface area contributed by atoms with Gasteiger partial charge in [0.05, 0.1) is 11.7 Å². The molecule has 2 aromatic heterocycles. The summed E-state index contributed by atoms with van der Waals surface area (Å²) in [5.74, 6) is -0.284. The van der Waals surface area contributed by atoms with Gasteiger partial charge in [0.15, 0.2) is 0 Å². The molecule has 2 saturated carbocycles. The molecule has 4 heterocycles. The van der Waals surface area contributed by atoms with E-state index < -0.39 is 11.9 Å². The molecule has 1 aromatic carbocycles. The summed E-state index contributed by atoms with van der Waals surface area (Å²) in [5, 5.41) is 10.8. The van der Waals surface area contributed by atoms with Crippen molar-refractivity contribution >= 4 is 23.4 Å². The molecule has 0 unspecified atom stereocenters. The van der Waals surface area contributed by atoms with Gasteiger partial charge in [-0.3, -0.25) is 24.4 Å². The van der Waals surface area contributed by atoms with Crippen molar-refractivity contribution in [2.24, 2.45) is 5.92 Å². The van der Waals surface area contributed by atoms with Gasteiger partial charge in [0, 0.05) is 54.1 Å². The first-order valence-electron chi connectivity index (χ1n) is 14.1. The second kappa shape index (κ2) is 9.53. The number of pyridine rings is 1. The standard InChI is InChI=1S/C30H31FN6O3/c1-16-2-7-24(31)28(33-16)23-15-37(35-27(23)18-3-4-18)21-10-17(11-21)13-32-20-5-6-22-19(12-20)14-36(30(22)40)25-8-9-26(38)34-29(25)39/h2,5-7,12,15,17-18,21,25,32H,3-4,8-11,13-14H2,1H3,(H,34,38,39)/t17-,21-,25-/m1/s1. The molecule has 2 N–H and O–H groups in total. The third-order valence-electron chi connectivity index (χ3n) is 8.67. The van der Waals surface area contributed by atoms with Gasteiger partial charge in [-0.05, 0) is 80.8 Å². The first kappa shape index (κ1) is 24.9. The minimum atomic E-state index is -0.609. The van der Waals surface area contributed by atoms with Gasteiger partial charge < -0.3 is 10.2 Å². The van der Waals surface area contributed by atoms with Gasteiger partial charge in [0.25, 0.3) is 5.91 Å². The fraction of sp³-hybridized carbons (Fsp3) is 0.433. The zero-order valence-electron chi connectivity index (χ0n) is 22.3. The van der Waals surface area contributed by atoms with Crippen LogP contribution in [0.1, 0.15) is 77.8 Å². The van der Waals surface area contributed by atoms with Crippen molar-refractivity contribution < 1.29 is 18.8 Å². The second-order valence-corrected chi connectivity index (χ2v) is 11.6. The highest BCUT2D eigenvalue weighted by Gasteiger charge is 2.39. The molecule has 3 aromatic rings. The van der Waals surface area contributed by atoms with Crippen LogP contribution in [0.5, 0.6) is 0 Å². The van der Waals surface area contributed by atoms with E-state index in [0.717, 1.165) is 60.4 Å². The van der Waals surface area contributed by atoms with E-state index in [1.54, 1.807) is 11.0 Å². The van der Waals surface area contributed by atoms with Gasteiger partial charge in [0.2, 0.25) is 11.8 Å². The molecule has 0 bridgehead atoms. The van der Waals surface area contributed by atoms with Gasteiger partial charge in [0.1, 0.15) is 17.6 Å². The van der Waals surface area contributed by atoms with Gasteiger partial charge in [-0.15, -0.1) is 0 Å². The molecule has 40 heavy (non-hydrogen) atoms. The number of hydrogen-bond acceptors (Lipinski definition) is 6. The molecule has 0 spiro atoms. The highest BCUT2D eigenvalue weighted by atomic mass is 19.1. The predicted octanol–water partition coefficient (Wildman–Crippen LogP) is 4.09. The summed E-state index contributed by atoms with van der Waals surface area (Å²) >= 11 is 0. The number of aromatic nitrogens is 3. The average Bonchev–Trinajstić information content (AvgIpc) is 3.58. The quantitative estimate of drug-likeness (QED) is 0.436. The number of rotatable bonds is 7.